The van der Waals surface area contributed by atoms with Gasteiger partial charge in [-0.1, -0.05) is 38.5 Å². The van der Waals surface area contributed by atoms with Crippen molar-refractivity contribution in [3.8, 4) is 0 Å². The van der Waals surface area contributed by atoms with Gasteiger partial charge in [0.05, 0.1) is 0 Å². The molecule has 0 amide bonds. The third kappa shape index (κ3) is 5.43. The molecule has 1 N–H and O–H groups in total. The van der Waals surface area contributed by atoms with Crippen molar-refractivity contribution in [3.63, 3.8) is 0 Å². The van der Waals surface area contributed by atoms with Crippen molar-refractivity contribution < 1.29 is 0 Å². The van der Waals surface area contributed by atoms with E-state index >= 15 is 0 Å². The maximum Gasteiger partial charge on any atom is 0.0189 e. The van der Waals surface area contributed by atoms with E-state index in [2.05, 4.69) is 24.2 Å². The van der Waals surface area contributed by atoms with Crippen LogP contribution in [0.3, 0.4) is 0 Å². The van der Waals surface area contributed by atoms with Gasteiger partial charge in [0, 0.05) is 25.2 Å². The topological polar surface area (TPSA) is 15.3 Å². The first-order valence-corrected chi connectivity index (χ1v) is 8.69. The first-order valence-electron chi connectivity index (χ1n) is 8.69. The van der Waals surface area contributed by atoms with Gasteiger partial charge < -0.3 is 10.2 Å². The summed E-state index contributed by atoms with van der Waals surface area (Å²) in [6, 6.07) is 1.49. The van der Waals surface area contributed by atoms with Crippen LogP contribution in [0.15, 0.2) is 0 Å². The molecule has 0 radical (unpaired) electrons. The SMILES string of the molecule is CC(CNC1CCCCC1)N(C)CC1CCCCC1. The Hall–Kier alpha value is -0.0800. The Morgan fingerprint density at radius 2 is 1.53 bits per heavy atom. The average Bonchev–Trinajstić information content (AvgIpc) is 2.47. The molecular weight excluding hydrogens is 232 g/mol. The lowest BCUT2D eigenvalue weighted by Crippen LogP contribution is -2.44. The van der Waals surface area contributed by atoms with Crippen LogP contribution < -0.4 is 5.32 Å². The fourth-order valence-electron chi connectivity index (χ4n) is 3.76. The van der Waals surface area contributed by atoms with Gasteiger partial charge in [-0.3, -0.25) is 0 Å². The van der Waals surface area contributed by atoms with Crippen molar-refractivity contribution in [2.45, 2.75) is 83.2 Å². The van der Waals surface area contributed by atoms with Gasteiger partial charge >= 0.3 is 0 Å². The minimum atomic E-state index is 0.684. The van der Waals surface area contributed by atoms with Gasteiger partial charge in [0.25, 0.3) is 0 Å². The molecule has 112 valence electrons. The molecule has 19 heavy (non-hydrogen) atoms. The minimum absolute atomic E-state index is 0.684. The monoisotopic (exact) mass is 266 g/mol. The van der Waals surface area contributed by atoms with E-state index in [1.165, 1.54) is 77.3 Å². The molecule has 2 rings (SSSR count). The fraction of sp³-hybridized carbons (Fsp3) is 1.00. The summed E-state index contributed by atoms with van der Waals surface area (Å²) in [5, 5.41) is 3.80. The highest BCUT2D eigenvalue weighted by Crippen LogP contribution is 2.24. The molecule has 2 saturated carbocycles. The second kappa shape index (κ2) is 8.26. The van der Waals surface area contributed by atoms with Gasteiger partial charge in [-0.2, -0.15) is 0 Å². The van der Waals surface area contributed by atoms with Crippen LogP contribution in [0.2, 0.25) is 0 Å². The van der Waals surface area contributed by atoms with Crippen molar-refractivity contribution >= 4 is 0 Å². The fourth-order valence-corrected chi connectivity index (χ4v) is 3.76. The van der Waals surface area contributed by atoms with Gasteiger partial charge in [0.2, 0.25) is 0 Å². The van der Waals surface area contributed by atoms with Crippen molar-refractivity contribution in [1.82, 2.24) is 10.2 Å². The first kappa shape index (κ1) is 15.3. The smallest absolute Gasteiger partial charge is 0.0189 e. The highest BCUT2D eigenvalue weighted by molar-refractivity contribution is 4.77. The van der Waals surface area contributed by atoms with E-state index in [9.17, 15) is 0 Å². The van der Waals surface area contributed by atoms with Crippen LogP contribution in [-0.4, -0.2) is 37.1 Å². The van der Waals surface area contributed by atoms with Gasteiger partial charge in [-0.15, -0.1) is 0 Å². The summed E-state index contributed by atoms with van der Waals surface area (Å²) in [6.45, 7) is 4.88. The Labute approximate surface area is 120 Å². The number of rotatable bonds is 6. The molecule has 1 unspecified atom stereocenters. The first-order chi connectivity index (χ1) is 9.25. The zero-order chi connectivity index (χ0) is 13.5. The zero-order valence-electron chi connectivity index (χ0n) is 13.2. The summed E-state index contributed by atoms with van der Waals surface area (Å²) in [7, 11) is 2.32. The van der Waals surface area contributed by atoms with Crippen LogP contribution in [0.1, 0.15) is 71.1 Å². The molecular formula is C17H34N2. The largest absolute Gasteiger partial charge is 0.312 e. The molecule has 0 saturated heterocycles. The molecule has 0 bridgehead atoms. The molecule has 2 aliphatic rings. The van der Waals surface area contributed by atoms with E-state index in [-0.39, 0.29) is 0 Å². The van der Waals surface area contributed by atoms with Gasteiger partial charge in [-0.25, -0.2) is 0 Å². The second-order valence-electron chi connectivity index (χ2n) is 7.04. The van der Waals surface area contributed by atoms with Crippen LogP contribution in [0.25, 0.3) is 0 Å². The average molecular weight is 266 g/mol. The zero-order valence-corrected chi connectivity index (χ0v) is 13.2. The molecule has 0 aromatic heterocycles. The number of nitrogens with one attached hydrogen (secondary N) is 1. The maximum absolute atomic E-state index is 3.80. The molecule has 0 aromatic rings. The predicted molar refractivity (Wildman–Crippen MR) is 83.5 cm³/mol. The van der Waals surface area contributed by atoms with Crippen LogP contribution in [0, 0.1) is 5.92 Å². The molecule has 2 aliphatic carbocycles. The summed E-state index contributed by atoms with van der Waals surface area (Å²) >= 11 is 0. The Bertz CT molecular complexity index is 229. The van der Waals surface area contributed by atoms with Crippen molar-refractivity contribution in [2.24, 2.45) is 5.92 Å². The summed E-state index contributed by atoms with van der Waals surface area (Å²) < 4.78 is 0. The van der Waals surface area contributed by atoms with Crippen molar-refractivity contribution in [2.75, 3.05) is 20.1 Å². The highest BCUT2D eigenvalue weighted by Gasteiger charge is 2.19. The molecule has 2 nitrogen and oxygen atoms in total. The number of nitrogens with zero attached hydrogens (tertiary/aromatic N) is 1. The summed E-state index contributed by atoms with van der Waals surface area (Å²) in [5.41, 5.74) is 0. The Kier molecular flexibility index (Phi) is 6.66. The summed E-state index contributed by atoms with van der Waals surface area (Å²) in [5.74, 6) is 0.968. The molecule has 0 spiro atoms. The van der Waals surface area contributed by atoms with E-state index in [0.29, 0.717) is 6.04 Å². The molecule has 2 fully saturated rings. The predicted octanol–water partition coefficient (Wildman–Crippen LogP) is 3.81. The number of likely N-dealkylation sites (N-methyl/N-ethyl adjacent to an activating group) is 1. The highest BCUT2D eigenvalue weighted by atomic mass is 15.1. The van der Waals surface area contributed by atoms with Crippen LogP contribution in [0.4, 0.5) is 0 Å². The lowest BCUT2D eigenvalue weighted by Gasteiger charge is -2.32. The molecule has 0 aromatic carbocycles. The number of hydrogen-bond acceptors (Lipinski definition) is 2. The van der Waals surface area contributed by atoms with Crippen molar-refractivity contribution in [3.05, 3.63) is 0 Å². The van der Waals surface area contributed by atoms with Crippen LogP contribution in [-0.2, 0) is 0 Å². The van der Waals surface area contributed by atoms with E-state index in [1.807, 2.05) is 0 Å². The Balaban J connectivity index is 1.62. The third-order valence-electron chi connectivity index (χ3n) is 5.33. The normalized spacial score (nSPS) is 24.8. The minimum Gasteiger partial charge on any atom is -0.312 e. The summed E-state index contributed by atoms with van der Waals surface area (Å²) in [6.07, 6.45) is 14.5. The lowest BCUT2D eigenvalue weighted by atomic mass is 9.89. The van der Waals surface area contributed by atoms with E-state index in [0.717, 1.165) is 12.0 Å². The van der Waals surface area contributed by atoms with Gasteiger partial charge in [-0.05, 0) is 45.6 Å². The van der Waals surface area contributed by atoms with E-state index in [4.69, 9.17) is 0 Å². The van der Waals surface area contributed by atoms with E-state index < -0.39 is 0 Å². The molecule has 2 heteroatoms. The van der Waals surface area contributed by atoms with Crippen LogP contribution in [0.5, 0.6) is 0 Å². The van der Waals surface area contributed by atoms with Crippen LogP contribution >= 0.6 is 0 Å². The van der Waals surface area contributed by atoms with Gasteiger partial charge in [0.1, 0.15) is 0 Å². The Morgan fingerprint density at radius 1 is 0.947 bits per heavy atom. The third-order valence-corrected chi connectivity index (χ3v) is 5.33. The second-order valence-corrected chi connectivity index (χ2v) is 7.04. The maximum atomic E-state index is 3.80. The lowest BCUT2D eigenvalue weighted by molar-refractivity contribution is 0.182. The molecule has 0 aliphatic heterocycles. The van der Waals surface area contributed by atoms with E-state index in [1.54, 1.807) is 0 Å². The summed E-state index contributed by atoms with van der Waals surface area (Å²) in [4.78, 5) is 2.59. The molecule has 0 heterocycles. The quantitative estimate of drug-likeness (QED) is 0.786. The van der Waals surface area contributed by atoms with Crippen molar-refractivity contribution in [1.29, 1.82) is 0 Å². The molecule has 1 atom stereocenters. The number of hydrogen-bond donors (Lipinski definition) is 1. The van der Waals surface area contributed by atoms with Gasteiger partial charge in [0.15, 0.2) is 0 Å². The Morgan fingerprint density at radius 3 is 2.16 bits per heavy atom. The standard InChI is InChI=1S/C17H34N2/c1-15(13-18-17-11-7-4-8-12-17)19(2)14-16-9-5-3-6-10-16/h15-18H,3-14H2,1-2H3.